The number of rotatable bonds is 1. The second-order valence-corrected chi connectivity index (χ2v) is 6.75. The number of fused-ring (bicyclic) bond motifs is 1. The Kier molecular flexibility index (Phi) is 3.37. The van der Waals surface area contributed by atoms with Crippen LogP contribution >= 0.6 is 15.9 Å². The Morgan fingerprint density at radius 2 is 1.94 bits per heavy atom. The van der Waals surface area contributed by atoms with Crippen molar-refractivity contribution in [3.8, 4) is 0 Å². The van der Waals surface area contributed by atoms with Crippen molar-refractivity contribution in [1.82, 2.24) is 10.6 Å². The topological polar surface area (TPSA) is 24.1 Å². The Morgan fingerprint density at radius 1 is 1.06 bits per heavy atom. The number of hydrogen-bond donors (Lipinski definition) is 2. The van der Waals surface area contributed by atoms with Crippen molar-refractivity contribution in [2.24, 2.45) is 5.92 Å². The molecule has 3 heteroatoms. The van der Waals surface area contributed by atoms with E-state index in [-0.39, 0.29) is 0 Å². The first-order valence-corrected chi connectivity index (χ1v) is 7.57. The predicted octanol–water partition coefficient (Wildman–Crippen LogP) is 2.55. The van der Waals surface area contributed by atoms with E-state index in [2.05, 4.69) is 38.7 Å². The Bertz CT molecular complexity index is 279. The lowest BCUT2D eigenvalue weighted by Gasteiger charge is -2.27. The molecule has 2 N–H and O–H groups in total. The predicted molar refractivity (Wildman–Crippen MR) is 70.7 cm³/mol. The lowest BCUT2D eigenvalue weighted by atomic mass is 9.92. The zero-order valence-corrected chi connectivity index (χ0v) is 11.2. The first-order valence-electron chi connectivity index (χ1n) is 6.66. The monoisotopic (exact) mass is 284 g/mol. The number of alkyl halides is 1. The highest BCUT2D eigenvalue weighted by Crippen LogP contribution is 2.31. The summed E-state index contributed by atoms with van der Waals surface area (Å²) in [5, 5.41) is 7.60. The summed E-state index contributed by atoms with van der Waals surface area (Å²) in [4.78, 5) is 0.726. The standard InChI is InChI=1S/C13H21BrN2/c14-10-6-7-11-12(8-10)16-13(15-11)9-4-2-1-3-5-9/h2,4,9-13,15-16H,1,3,5-8H2. The maximum atomic E-state index is 3.80. The molecular weight excluding hydrogens is 264 g/mol. The highest BCUT2D eigenvalue weighted by atomic mass is 79.9. The van der Waals surface area contributed by atoms with Crippen molar-refractivity contribution in [1.29, 1.82) is 0 Å². The summed E-state index contributed by atoms with van der Waals surface area (Å²) in [7, 11) is 0. The summed E-state index contributed by atoms with van der Waals surface area (Å²) in [5.74, 6) is 0.716. The van der Waals surface area contributed by atoms with Gasteiger partial charge >= 0.3 is 0 Å². The van der Waals surface area contributed by atoms with Crippen molar-refractivity contribution in [2.75, 3.05) is 0 Å². The molecule has 3 aliphatic rings. The fourth-order valence-electron chi connectivity index (χ4n) is 3.38. The Labute approximate surface area is 106 Å². The second kappa shape index (κ2) is 4.79. The van der Waals surface area contributed by atoms with Gasteiger partial charge in [0.1, 0.15) is 0 Å². The molecule has 0 amide bonds. The molecular formula is C13H21BrN2. The molecule has 5 unspecified atom stereocenters. The fraction of sp³-hybridized carbons (Fsp3) is 0.846. The molecule has 0 aromatic rings. The van der Waals surface area contributed by atoms with Crippen LogP contribution in [0.5, 0.6) is 0 Å². The van der Waals surface area contributed by atoms with Gasteiger partial charge in [0.2, 0.25) is 0 Å². The van der Waals surface area contributed by atoms with Crippen molar-refractivity contribution in [3.05, 3.63) is 12.2 Å². The molecule has 2 nitrogen and oxygen atoms in total. The molecule has 0 spiro atoms. The van der Waals surface area contributed by atoms with Crippen molar-refractivity contribution in [2.45, 2.75) is 61.6 Å². The van der Waals surface area contributed by atoms with Crippen LogP contribution in [0.15, 0.2) is 12.2 Å². The summed E-state index contributed by atoms with van der Waals surface area (Å²) in [6, 6.07) is 1.41. The van der Waals surface area contributed by atoms with Gasteiger partial charge in [-0.2, -0.15) is 0 Å². The van der Waals surface area contributed by atoms with Gasteiger partial charge in [0, 0.05) is 22.8 Å². The first kappa shape index (κ1) is 11.2. The van der Waals surface area contributed by atoms with Crippen LogP contribution in [0.3, 0.4) is 0 Å². The van der Waals surface area contributed by atoms with E-state index in [1.165, 1.54) is 38.5 Å². The van der Waals surface area contributed by atoms with Crippen LogP contribution in [0.25, 0.3) is 0 Å². The molecule has 0 aromatic carbocycles. The molecule has 3 rings (SSSR count). The van der Waals surface area contributed by atoms with Crippen molar-refractivity contribution in [3.63, 3.8) is 0 Å². The summed E-state index contributed by atoms with van der Waals surface area (Å²) < 4.78 is 0. The van der Waals surface area contributed by atoms with Crippen LogP contribution in [0, 0.1) is 5.92 Å². The zero-order chi connectivity index (χ0) is 11.0. The van der Waals surface area contributed by atoms with E-state index in [9.17, 15) is 0 Å². The molecule has 2 aliphatic carbocycles. The summed E-state index contributed by atoms with van der Waals surface area (Å²) >= 11 is 3.76. The molecule has 1 aliphatic heterocycles. The minimum absolute atomic E-state index is 0.532. The summed E-state index contributed by atoms with van der Waals surface area (Å²) in [6.07, 6.45) is 13.2. The number of halogens is 1. The lowest BCUT2D eigenvalue weighted by molar-refractivity contribution is 0.371. The average molecular weight is 285 g/mol. The number of hydrogen-bond acceptors (Lipinski definition) is 2. The Hall–Kier alpha value is 0.140. The molecule has 0 bridgehead atoms. The molecule has 0 aromatic heterocycles. The highest BCUT2D eigenvalue weighted by molar-refractivity contribution is 9.09. The molecule has 16 heavy (non-hydrogen) atoms. The molecule has 1 saturated carbocycles. The van der Waals surface area contributed by atoms with Gasteiger partial charge in [-0.1, -0.05) is 28.1 Å². The zero-order valence-electron chi connectivity index (χ0n) is 9.66. The molecule has 0 radical (unpaired) electrons. The van der Waals surface area contributed by atoms with E-state index in [0.29, 0.717) is 24.2 Å². The van der Waals surface area contributed by atoms with E-state index in [1.54, 1.807) is 0 Å². The van der Waals surface area contributed by atoms with Crippen LogP contribution in [0.1, 0.15) is 38.5 Å². The number of allylic oxidation sites excluding steroid dienone is 1. The minimum atomic E-state index is 0.532. The van der Waals surface area contributed by atoms with Gasteiger partial charge < -0.3 is 0 Å². The quantitative estimate of drug-likeness (QED) is 0.571. The highest BCUT2D eigenvalue weighted by Gasteiger charge is 2.39. The van der Waals surface area contributed by atoms with E-state index in [1.807, 2.05) is 0 Å². The van der Waals surface area contributed by atoms with Crippen molar-refractivity contribution >= 4 is 15.9 Å². The van der Waals surface area contributed by atoms with Crippen LogP contribution < -0.4 is 10.6 Å². The summed E-state index contributed by atoms with van der Waals surface area (Å²) in [5.41, 5.74) is 0. The lowest BCUT2D eigenvalue weighted by Crippen LogP contribution is -2.40. The van der Waals surface area contributed by atoms with E-state index in [0.717, 1.165) is 4.83 Å². The van der Waals surface area contributed by atoms with Crippen LogP contribution in [0.4, 0.5) is 0 Å². The molecule has 90 valence electrons. The number of nitrogens with one attached hydrogen (secondary N) is 2. The van der Waals surface area contributed by atoms with Crippen molar-refractivity contribution < 1.29 is 0 Å². The largest absolute Gasteiger partial charge is 0.297 e. The summed E-state index contributed by atoms with van der Waals surface area (Å²) in [6.45, 7) is 0. The molecule has 2 fully saturated rings. The average Bonchev–Trinajstić information content (AvgIpc) is 2.73. The third-order valence-electron chi connectivity index (χ3n) is 4.29. The van der Waals surface area contributed by atoms with Gasteiger partial charge in [-0.05, 0) is 38.5 Å². The van der Waals surface area contributed by atoms with Gasteiger partial charge in [-0.15, -0.1) is 0 Å². The minimum Gasteiger partial charge on any atom is -0.297 e. The van der Waals surface area contributed by atoms with Gasteiger partial charge in [0.05, 0.1) is 6.17 Å². The van der Waals surface area contributed by atoms with Crippen LogP contribution in [-0.4, -0.2) is 23.1 Å². The molecule has 1 heterocycles. The molecule has 1 saturated heterocycles. The van der Waals surface area contributed by atoms with Gasteiger partial charge in [-0.25, -0.2) is 0 Å². The third kappa shape index (κ3) is 2.22. The maximum absolute atomic E-state index is 3.80. The van der Waals surface area contributed by atoms with Gasteiger partial charge in [-0.3, -0.25) is 10.6 Å². The normalized spacial score (nSPS) is 47.9. The smallest absolute Gasteiger partial charge is 0.0641 e. The fourth-order valence-corrected chi connectivity index (χ4v) is 4.04. The van der Waals surface area contributed by atoms with E-state index in [4.69, 9.17) is 0 Å². The van der Waals surface area contributed by atoms with Gasteiger partial charge in [0.15, 0.2) is 0 Å². The van der Waals surface area contributed by atoms with E-state index < -0.39 is 0 Å². The SMILES string of the molecule is BrC1CCC2NC(C3C=CCCC3)NC2C1. The third-order valence-corrected chi connectivity index (χ3v) is 5.12. The van der Waals surface area contributed by atoms with Gasteiger partial charge in [0.25, 0.3) is 0 Å². The second-order valence-electron chi connectivity index (χ2n) is 5.46. The van der Waals surface area contributed by atoms with E-state index >= 15 is 0 Å². The van der Waals surface area contributed by atoms with Crippen LogP contribution in [-0.2, 0) is 0 Å². The molecule has 5 atom stereocenters. The maximum Gasteiger partial charge on any atom is 0.0641 e. The van der Waals surface area contributed by atoms with Crippen LogP contribution in [0.2, 0.25) is 0 Å². The Morgan fingerprint density at radius 3 is 2.75 bits per heavy atom. The first-order chi connectivity index (χ1) is 7.83. The Balaban J connectivity index is 1.63.